The van der Waals surface area contributed by atoms with Crippen molar-refractivity contribution in [1.29, 1.82) is 0 Å². The SMILES string of the molecule is CC/C=C\C/C=C\C/C=C\CCCCCCCCCC(=O)OC(CCCCCCCCCC)CCCCCC(=O)O. The molecule has 0 amide bonds. The van der Waals surface area contributed by atoms with Crippen LogP contribution in [-0.2, 0) is 14.3 Å². The molecular formula is C37H66O4. The lowest BCUT2D eigenvalue weighted by Gasteiger charge is -2.18. The summed E-state index contributed by atoms with van der Waals surface area (Å²) >= 11 is 0. The molecule has 4 nitrogen and oxygen atoms in total. The zero-order valence-electron chi connectivity index (χ0n) is 27.1. The molecular weight excluding hydrogens is 508 g/mol. The molecule has 238 valence electrons. The first kappa shape index (κ1) is 39.2. The maximum Gasteiger partial charge on any atom is 0.306 e. The van der Waals surface area contributed by atoms with Crippen molar-refractivity contribution in [2.75, 3.05) is 0 Å². The Morgan fingerprint density at radius 3 is 1.61 bits per heavy atom. The number of esters is 1. The number of allylic oxidation sites excluding steroid dienone is 6. The van der Waals surface area contributed by atoms with E-state index >= 15 is 0 Å². The number of rotatable bonds is 31. The fourth-order valence-corrected chi connectivity index (χ4v) is 5.08. The highest BCUT2D eigenvalue weighted by molar-refractivity contribution is 5.69. The number of hydrogen-bond donors (Lipinski definition) is 1. The number of carbonyl (C=O) groups is 2. The van der Waals surface area contributed by atoms with Crippen LogP contribution >= 0.6 is 0 Å². The topological polar surface area (TPSA) is 63.6 Å². The molecule has 1 atom stereocenters. The van der Waals surface area contributed by atoms with E-state index in [2.05, 4.69) is 50.3 Å². The third kappa shape index (κ3) is 32.5. The molecule has 0 aromatic rings. The van der Waals surface area contributed by atoms with E-state index in [-0.39, 0.29) is 18.5 Å². The molecule has 0 aliphatic heterocycles. The largest absolute Gasteiger partial charge is 0.481 e. The molecule has 0 rings (SSSR count). The first-order valence-electron chi connectivity index (χ1n) is 17.5. The van der Waals surface area contributed by atoms with E-state index in [0.717, 1.165) is 64.2 Å². The van der Waals surface area contributed by atoms with E-state index in [1.54, 1.807) is 0 Å². The zero-order chi connectivity index (χ0) is 30.1. The molecule has 0 aromatic carbocycles. The molecule has 4 heteroatoms. The third-order valence-corrected chi connectivity index (χ3v) is 7.63. The average Bonchev–Trinajstić information content (AvgIpc) is 2.95. The quantitative estimate of drug-likeness (QED) is 0.0508. The molecule has 41 heavy (non-hydrogen) atoms. The normalized spacial score (nSPS) is 12.6. The van der Waals surface area contributed by atoms with Crippen molar-refractivity contribution in [3.63, 3.8) is 0 Å². The summed E-state index contributed by atoms with van der Waals surface area (Å²) in [6.45, 7) is 4.41. The van der Waals surface area contributed by atoms with E-state index in [1.165, 1.54) is 83.5 Å². The van der Waals surface area contributed by atoms with Crippen LogP contribution in [0.15, 0.2) is 36.5 Å². The van der Waals surface area contributed by atoms with Gasteiger partial charge in [-0.15, -0.1) is 0 Å². The molecule has 0 radical (unpaired) electrons. The van der Waals surface area contributed by atoms with E-state index < -0.39 is 5.97 Å². The smallest absolute Gasteiger partial charge is 0.306 e. The van der Waals surface area contributed by atoms with Crippen LogP contribution in [-0.4, -0.2) is 23.1 Å². The van der Waals surface area contributed by atoms with Gasteiger partial charge in [0.05, 0.1) is 0 Å². The molecule has 0 spiro atoms. The van der Waals surface area contributed by atoms with Crippen LogP contribution < -0.4 is 0 Å². The summed E-state index contributed by atoms with van der Waals surface area (Å²) in [6.07, 6.45) is 41.5. The molecule has 0 aliphatic carbocycles. The number of carboxylic acids is 1. The number of carboxylic acid groups (broad SMARTS) is 1. The lowest BCUT2D eigenvalue weighted by atomic mass is 10.0. The van der Waals surface area contributed by atoms with Crippen LogP contribution in [0.25, 0.3) is 0 Å². The van der Waals surface area contributed by atoms with Gasteiger partial charge in [0.15, 0.2) is 0 Å². The molecule has 0 fully saturated rings. The van der Waals surface area contributed by atoms with Crippen LogP contribution in [0.4, 0.5) is 0 Å². The summed E-state index contributed by atoms with van der Waals surface area (Å²) in [5.41, 5.74) is 0. The van der Waals surface area contributed by atoms with E-state index in [0.29, 0.717) is 12.8 Å². The second-order valence-corrected chi connectivity index (χ2v) is 11.7. The molecule has 1 N–H and O–H groups in total. The summed E-state index contributed by atoms with van der Waals surface area (Å²) in [4.78, 5) is 23.3. The predicted octanol–water partition coefficient (Wildman–Crippen LogP) is 11.8. The number of hydrogen-bond acceptors (Lipinski definition) is 3. The number of carbonyl (C=O) groups excluding carboxylic acids is 1. The van der Waals surface area contributed by atoms with E-state index in [4.69, 9.17) is 9.84 Å². The highest BCUT2D eigenvalue weighted by Crippen LogP contribution is 2.18. The van der Waals surface area contributed by atoms with Crippen LogP contribution in [0.3, 0.4) is 0 Å². The molecule has 0 bridgehead atoms. The molecule has 0 saturated heterocycles. The summed E-state index contributed by atoms with van der Waals surface area (Å²) in [5.74, 6) is -0.770. The first-order valence-corrected chi connectivity index (χ1v) is 17.5. The van der Waals surface area contributed by atoms with Crippen molar-refractivity contribution in [2.24, 2.45) is 0 Å². The number of aliphatic carboxylic acids is 1. The number of ether oxygens (including phenoxy) is 1. The average molecular weight is 575 g/mol. The second kappa shape index (κ2) is 32.7. The summed E-state index contributed by atoms with van der Waals surface area (Å²) in [6, 6.07) is 0. The highest BCUT2D eigenvalue weighted by atomic mass is 16.5. The Hall–Kier alpha value is -1.84. The Labute approximate surface area is 254 Å². The van der Waals surface area contributed by atoms with Gasteiger partial charge < -0.3 is 9.84 Å². The zero-order valence-corrected chi connectivity index (χ0v) is 27.1. The molecule has 0 saturated carbocycles. The Morgan fingerprint density at radius 2 is 1.02 bits per heavy atom. The fourth-order valence-electron chi connectivity index (χ4n) is 5.08. The molecule has 0 aliphatic rings. The Balaban J connectivity index is 3.91. The lowest BCUT2D eigenvalue weighted by molar-refractivity contribution is -0.150. The lowest BCUT2D eigenvalue weighted by Crippen LogP contribution is -2.18. The minimum atomic E-state index is -0.727. The van der Waals surface area contributed by atoms with Gasteiger partial charge in [0.1, 0.15) is 6.10 Å². The van der Waals surface area contributed by atoms with Gasteiger partial charge in [-0.2, -0.15) is 0 Å². The highest BCUT2D eigenvalue weighted by Gasteiger charge is 2.14. The van der Waals surface area contributed by atoms with Gasteiger partial charge in [0.25, 0.3) is 0 Å². The number of unbranched alkanes of at least 4 members (excludes halogenated alkanes) is 16. The third-order valence-electron chi connectivity index (χ3n) is 7.63. The van der Waals surface area contributed by atoms with Gasteiger partial charge in [-0.1, -0.05) is 134 Å². The fraction of sp³-hybridized carbons (Fsp3) is 0.784. The van der Waals surface area contributed by atoms with Gasteiger partial charge in [0, 0.05) is 12.8 Å². The van der Waals surface area contributed by atoms with Crippen molar-refractivity contribution in [2.45, 2.75) is 187 Å². The van der Waals surface area contributed by atoms with Gasteiger partial charge >= 0.3 is 11.9 Å². The van der Waals surface area contributed by atoms with Gasteiger partial charge in [-0.05, 0) is 70.6 Å². The van der Waals surface area contributed by atoms with Crippen LogP contribution in [0.2, 0.25) is 0 Å². The second-order valence-electron chi connectivity index (χ2n) is 11.7. The first-order chi connectivity index (χ1) is 20.1. The van der Waals surface area contributed by atoms with Crippen molar-refractivity contribution >= 4 is 11.9 Å². The minimum Gasteiger partial charge on any atom is -0.481 e. The van der Waals surface area contributed by atoms with Crippen molar-refractivity contribution < 1.29 is 19.4 Å². The van der Waals surface area contributed by atoms with E-state index in [9.17, 15) is 9.59 Å². The Kier molecular flexibility index (Phi) is 31.2. The van der Waals surface area contributed by atoms with Crippen LogP contribution in [0, 0.1) is 0 Å². The summed E-state index contributed by atoms with van der Waals surface area (Å²) < 4.78 is 5.90. The maximum atomic E-state index is 12.5. The van der Waals surface area contributed by atoms with E-state index in [1.807, 2.05) is 0 Å². The summed E-state index contributed by atoms with van der Waals surface area (Å²) in [5, 5.41) is 8.84. The van der Waals surface area contributed by atoms with Gasteiger partial charge in [-0.3, -0.25) is 9.59 Å². The van der Waals surface area contributed by atoms with Crippen molar-refractivity contribution in [3.8, 4) is 0 Å². The standard InChI is InChI=1S/C37H66O4/c1-3-5-7-9-11-13-14-15-16-17-18-19-20-21-23-25-30-34-37(40)41-35(32-28-26-29-33-36(38)39)31-27-24-22-12-10-8-6-4-2/h5,7,11,13,15-16,35H,3-4,6,8-10,12,14,17-34H2,1-2H3,(H,38,39)/b7-5-,13-11-,16-15-. The van der Waals surface area contributed by atoms with Crippen molar-refractivity contribution in [3.05, 3.63) is 36.5 Å². The maximum absolute atomic E-state index is 12.5. The van der Waals surface area contributed by atoms with Crippen LogP contribution in [0.1, 0.15) is 181 Å². The van der Waals surface area contributed by atoms with Crippen molar-refractivity contribution in [1.82, 2.24) is 0 Å². The minimum absolute atomic E-state index is 0.000408. The molecule has 0 heterocycles. The summed E-state index contributed by atoms with van der Waals surface area (Å²) in [7, 11) is 0. The Morgan fingerprint density at radius 1 is 0.561 bits per heavy atom. The van der Waals surface area contributed by atoms with Crippen LogP contribution in [0.5, 0.6) is 0 Å². The predicted molar refractivity (Wildman–Crippen MR) is 176 cm³/mol. The molecule has 1 unspecified atom stereocenters. The monoisotopic (exact) mass is 574 g/mol. The van der Waals surface area contributed by atoms with Gasteiger partial charge in [0.2, 0.25) is 0 Å². The molecule has 0 aromatic heterocycles. The van der Waals surface area contributed by atoms with Gasteiger partial charge in [-0.25, -0.2) is 0 Å². The Bertz CT molecular complexity index is 664.